The van der Waals surface area contributed by atoms with Crippen LogP contribution in [0.2, 0.25) is 0 Å². The number of rotatable bonds is 2. The molecule has 17 heavy (non-hydrogen) atoms. The minimum atomic E-state index is -0.459. The predicted molar refractivity (Wildman–Crippen MR) is 66.1 cm³/mol. The van der Waals surface area contributed by atoms with Crippen molar-refractivity contribution in [2.45, 2.75) is 25.3 Å². The van der Waals surface area contributed by atoms with E-state index >= 15 is 0 Å². The van der Waals surface area contributed by atoms with Crippen molar-refractivity contribution < 1.29 is 13.5 Å². The molecule has 1 atom stereocenters. The highest BCUT2D eigenvalue weighted by molar-refractivity contribution is 9.10. The Hall–Kier alpha value is -0.680. The van der Waals surface area contributed by atoms with Crippen LogP contribution in [0, 0.1) is 11.6 Å². The molecule has 1 heterocycles. The number of halogens is 3. The van der Waals surface area contributed by atoms with Gasteiger partial charge in [-0.1, -0.05) is 0 Å². The third kappa shape index (κ3) is 3.39. The van der Waals surface area contributed by atoms with E-state index in [2.05, 4.69) is 21.2 Å². The topological polar surface area (TPSA) is 21.3 Å². The standard InChI is InChI=1S/C12H14BrF2NO/c13-9-6-11(15)12(7-10(9)14)16-8-2-1-4-17-5-3-8/h6-8,16H,1-5H2. The highest BCUT2D eigenvalue weighted by Gasteiger charge is 2.15. The fourth-order valence-electron chi connectivity index (χ4n) is 1.90. The average Bonchev–Trinajstić information content (AvgIpc) is 2.54. The van der Waals surface area contributed by atoms with Gasteiger partial charge in [0.15, 0.2) is 0 Å². The Labute approximate surface area is 107 Å². The van der Waals surface area contributed by atoms with Crippen LogP contribution in [0.3, 0.4) is 0 Å². The van der Waals surface area contributed by atoms with Crippen molar-refractivity contribution >= 4 is 21.6 Å². The van der Waals surface area contributed by atoms with Crippen molar-refractivity contribution in [2.24, 2.45) is 0 Å². The van der Waals surface area contributed by atoms with Gasteiger partial charge in [0.1, 0.15) is 11.6 Å². The van der Waals surface area contributed by atoms with E-state index < -0.39 is 11.6 Å². The Bertz CT molecular complexity index is 392. The second-order valence-electron chi connectivity index (χ2n) is 4.13. The van der Waals surface area contributed by atoms with Gasteiger partial charge in [0.05, 0.1) is 10.2 Å². The number of anilines is 1. The summed E-state index contributed by atoms with van der Waals surface area (Å²) in [6, 6.07) is 2.48. The van der Waals surface area contributed by atoms with Gasteiger partial charge in [-0.05, 0) is 41.3 Å². The van der Waals surface area contributed by atoms with E-state index in [0.717, 1.165) is 31.9 Å². The first-order chi connectivity index (χ1) is 8.16. The van der Waals surface area contributed by atoms with Crippen molar-refractivity contribution in [2.75, 3.05) is 18.5 Å². The Kier molecular flexibility index (Phi) is 4.34. The normalized spacial score (nSPS) is 21.0. The van der Waals surface area contributed by atoms with Crippen LogP contribution in [0.4, 0.5) is 14.5 Å². The molecule has 0 saturated carbocycles. The van der Waals surface area contributed by atoms with Gasteiger partial charge >= 0.3 is 0 Å². The second-order valence-corrected chi connectivity index (χ2v) is 4.99. The van der Waals surface area contributed by atoms with E-state index in [-0.39, 0.29) is 16.2 Å². The molecule has 0 radical (unpaired) electrons. The summed E-state index contributed by atoms with van der Waals surface area (Å²) in [6.45, 7) is 1.41. The van der Waals surface area contributed by atoms with Gasteiger partial charge in [-0.15, -0.1) is 0 Å². The molecule has 1 fully saturated rings. The zero-order chi connectivity index (χ0) is 12.3. The Morgan fingerprint density at radius 2 is 2.00 bits per heavy atom. The third-order valence-electron chi connectivity index (χ3n) is 2.82. The molecule has 0 amide bonds. The molecule has 2 nitrogen and oxygen atoms in total. The zero-order valence-electron chi connectivity index (χ0n) is 9.31. The minimum absolute atomic E-state index is 0.143. The molecule has 1 aliphatic heterocycles. The molecule has 2 rings (SSSR count). The van der Waals surface area contributed by atoms with Crippen LogP contribution >= 0.6 is 15.9 Å². The van der Waals surface area contributed by atoms with Gasteiger partial charge in [0.25, 0.3) is 0 Å². The van der Waals surface area contributed by atoms with E-state index in [1.807, 2.05) is 0 Å². The summed E-state index contributed by atoms with van der Waals surface area (Å²) in [5.41, 5.74) is 0.220. The monoisotopic (exact) mass is 305 g/mol. The van der Waals surface area contributed by atoms with Crippen LogP contribution in [0.15, 0.2) is 16.6 Å². The van der Waals surface area contributed by atoms with Gasteiger partial charge < -0.3 is 10.1 Å². The minimum Gasteiger partial charge on any atom is -0.381 e. The summed E-state index contributed by atoms with van der Waals surface area (Å²) in [4.78, 5) is 0. The molecular weight excluding hydrogens is 292 g/mol. The fraction of sp³-hybridized carbons (Fsp3) is 0.500. The van der Waals surface area contributed by atoms with Crippen LogP contribution in [0.25, 0.3) is 0 Å². The summed E-state index contributed by atoms with van der Waals surface area (Å²) in [5, 5.41) is 3.04. The van der Waals surface area contributed by atoms with Gasteiger partial charge in [-0.25, -0.2) is 8.78 Å². The first-order valence-electron chi connectivity index (χ1n) is 5.65. The second kappa shape index (κ2) is 5.78. The number of nitrogens with one attached hydrogen (secondary N) is 1. The summed E-state index contributed by atoms with van der Waals surface area (Å²) in [5.74, 6) is -0.901. The highest BCUT2D eigenvalue weighted by atomic mass is 79.9. The van der Waals surface area contributed by atoms with Gasteiger partial charge in [-0.2, -0.15) is 0 Å². The maximum Gasteiger partial charge on any atom is 0.147 e. The van der Waals surface area contributed by atoms with E-state index in [4.69, 9.17) is 4.74 Å². The molecule has 94 valence electrons. The smallest absolute Gasteiger partial charge is 0.147 e. The van der Waals surface area contributed by atoms with Crippen LogP contribution < -0.4 is 5.32 Å². The van der Waals surface area contributed by atoms with Crippen LogP contribution in [0.1, 0.15) is 19.3 Å². The molecule has 0 aliphatic carbocycles. The van der Waals surface area contributed by atoms with Crippen molar-refractivity contribution in [3.63, 3.8) is 0 Å². The summed E-state index contributed by atoms with van der Waals surface area (Å²) < 4.78 is 32.4. The molecule has 1 N–H and O–H groups in total. The molecular formula is C12H14BrF2NO. The molecule has 0 bridgehead atoms. The lowest BCUT2D eigenvalue weighted by Gasteiger charge is -2.17. The Balaban J connectivity index is 2.09. The van der Waals surface area contributed by atoms with Crippen LogP contribution in [0.5, 0.6) is 0 Å². The Morgan fingerprint density at radius 3 is 2.82 bits per heavy atom. The largest absolute Gasteiger partial charge is 0.381 e. The maximum atomic E-state index is 13.6. The number of ether oxygens (including phenoxy) is 1. The van der Waals surface area contributed by atoms with E-state index in [0.29, 0.717) is 6.61 Å². The van der Waals surface area contributed by atoms with Crippen LogP contribution in [-0.4, -0.2) is 19.3 Å². The Morgan fingerprint density at radius 1 is 1.18 bits per heavy atom. The van der Waals surface area contributed by atoms with Gasteiger partial charge in [0.2, 0.25) is 0 Å². The lowest BCUT2D eigenvalue weighted by molar-refractivity contribution is 0.144. The molecule has 1 aromatic carbocycles. The van der Waals surface area contributed by atoms with E-state index in [1.54, 1.807) is 0 Å². The molecule has 0 spiro atoms. The van der Waals surface area contributed by atoms with Crippen LogP contribution in [-0.2, 0) is 4.74 Å². The lowest BCUT2D eigenvalue weighted by atomic mass is 10.1. The first-order valence-corrected chi connectivity index (χ1v) is 6.45. The molecule has 1 unspecified atom stereocenters. The quantitative estimate of drug-likeness (QED) is 0.841. The van der Waals surface area contributed by atoms with Crippen molar-refractivity contribution in [1.82, 2.24) is 0 Å². The van der Waals surface area contributed by atoms with Crippen molar-refractivity contribution in [3.8, 4) is 0 Å². The van der Waals surface area contributed by atoms with E-state index in [9.17, 15) is 8.78 Å². The third-order valence-corrected chi connectivity index (χ3v) is 3.43. The molecule has 0 aromatic heterocycles. The average molecular weight is 306 g/mol. The predicted octanol–water partition coefficient (Wildman–Crippen LogP) is 3.71. The van der Waals surface area contributed by atoms with Gasteiger partial charge in [0, 0.05) is 25.3 Å². The number of hydrogen-bond acceptors (Lipinski definition) is 2. The molecule has 5 heteroatoms. The fourth-order valence-corrected chi connectivity index (χ4v) is 2.22. The van der Waals surface area contributed by atoms with Gasteiger partial charge in [-0.3, -0.25) is 0 Å². The number of benzene rings is 1. The summed E-state index contributed by atoms with van der Waals surface area (Å²) in [7, 11) is 0. The van der Waals surface area contributed by atoms with Crippen molar-refractivity contribution in [1.29, 1.82) is 0 Å². The zero-order valence-corrected chi connectivity index (χ0v) is 10.9. The first kappa shape index (κ1) is 12.8. The SMILES string of the molecule is Fc1cc(NC2CCCOCC2)c(F)cc1Br. The maximum absolute atomic E-state index is 13.6. The summed E-state index contributed by atoms with van der Waals surface area (Å²) >= 11 is 2.96. The summed E-state index contributed by atoms with van der Waals surface area (Å²) in [6.07, 6.45) is 2.67. The lowest BCUT2D eigenvalue weighted by Crippen LogP contribution is -2.20. The van der Waals surface area contributed by atoms with Crippen molar-refractivity contribution in [3.05, 3.63) is 28.2 Å². The molecule has 1 aromatic rings. The molecule has 1 saturated heterocycles. The molecule has 1 aliphatic rings. The highest BCUT2D eigenvalue weighted by Crippen LogP contribution is 2.25. The number of hydrogen-bond donors (Lipinski definition) is 1. The van der Waals surface area contributed by atoms with E-state index in [1.165, 1.54) is 6.07 Å².